The number of hydrogen-bond acceptors (Lipinski definition) is 3. The van der Waals surface area contributed by atoms with E-state index in [9.17, 15) is 9.90 Å². The Morgan fingerprint density at radius 1 is 1.35 bits per heavy atom. The van der Waals surface area contributed by atoms with E-state index >= 15 is 0 Å². The Kier molecular flexibility index (Phi) is 4.33. The molecule has 0 spiro atoms. The number of benzene rings is 1. The van der Waals surface area contributed by atoms with Crippen molar-refractivity contribution in [2.75, 3.05) is 6.54 Å². The van der Waals surface area contributed by atoms with E-state index in [1.165, 1.54) is 5.56 Å². The van der Waals surface area contributed by atoms with Crippen LogP contribution in [0.25, 0.3) is 0 Å². The van der Waals surface area contributed by atoms with Crippen LogP contribution in [-0.4, -0.2) is 40.4 Å². The maximum Gasteiger partial charge on any atom is 0.410 e. The number of carbonyl (C=O) groups is 1. The third-order valence-corrected chi connectivity index (χ3v) is 3.33. The fourth-order valence-corrected chi connectivity index (χ4v) is 2.52. The highest BCUT2D eigenvalue weighted by molar-refractivity contribution is 5.69. The molecule has 1 heterocycles. The van der Waals surface area contributed by atoms with E-state index in [0.717, 1.165) is 6.42 Å². The first kappa shape index (κ1) is 14.9. The summed E-state index contributed by atoms with van der Waals surface area (Å²) in [5.74, 6) is 0. The third-order valence-electron chi connectivity index (χ3n) is 3.33. The van der Waals surface area contributed by atoms with Crippen molar-refractivity contribution in [3.8, 4) is 0 Å². The van der Waals surface area contributed by atoms with Crippen LogP contribution in [0.4, 0.5) is 4.79 Å². The summed E-state index contributed by atoms with van der Waals surface area (Å²) in [6.45, 7) is 5.91. The van der Waals surface area contributed by atoms with Crippen LogP contribution in [0.15, 0.2) is 30.3 Å². The minimum atomic E-state index is -0.512. The van der Waals surface area contributed by atoms with E-state index in [1.54, 1.807) is 4.90 Å². The highest BCUT2D eigenvalue weighted by atomic mass is 16.6. The van der Waals surface area contributed by atoms with Crippen molar-refractivity contribution >= 4 is 6.09 Å². The molecule has 0 unspecified atom stereocenters. The van der Waals surface area contributed by atoms with Crippen LogP contribution in [-0.2, 0) is 11.2 Å². The number of likely N-dealkylation sites (tertiary alicyclic amines) is 1. The summed E-state index contributed by atoms with van der Waals surface area (Å²) >= 11 is 0. The van der Waals surface area contributed by atoms with Gasteiger partial charge < -0.3 is 14.7 Å². The van der Waals surface area contributed by atoms with Crippen molar-refractivity contribution in [3.05, 3.63) is 35.9 Å². The summed E-state index contributed by atoms with van der Waals surface area (Å²) < 4.78 is 5.41. The van der Waals surface area contributed by atoms with Crippen LogP contribution in [0, 0.1) is 0 Å². The highest BCUT2D eigenvalue weighted by Crippen LogP contribution is 2.24. The van der Waals surface area contributed by atoms with Crippen molar-refractivity contribution in [2.45, 2.75) is 51.4 Å². The molecule has 1 amide bonds. The van der Waals surface area contributed by atoms with E-state index in [4.69, 9.17) is 4.74 Å². The molecule has 0 aliphatic carbocycles. The molecule has 4 nitrogen and oxygen atoms in total. The van der Waals surface area contributed by atoms with Gasteiger partial charge in [0.1, 0.15) is 5.60 Å². The van der Waals surface area contributed by atoms with Gasteiger partial charge in [-0.25, -0.2) is 4.79 Å². The lowest BCUT2D eigenvalue weighted by atomic mass is 10.0. The second-order valence-corrected chi connectivity index (χ2v) is 6.37. The number of hydrogen-bond donors (Lipinski definition) is 1. The molecular formula is C16H23NO3. The Morgan fingerprint density at radius 3 is 2.60 bits per heavy atom. The highest BCUT2D eigenvalue weighted by Gasteiger charge is 2.36. The standard InChI is InChI=1S/C16H23NO3/c1-16(2,3)20-15(19)17-11-14(18)10-13(17)9-12-7-5-4-6-8-12/h4-8,13-14,18H,9-11H2,1-3H3/t13-,14-/m0/s1. The molecule has 2 atom stereocenters. The minimum Gasteiger partial charge on any atom is -0.444 e. The average Bonchev–Trinajstić information content (AvgIpc) is 2.69. The maximum absolute atomic E-state index is 12.2. The Balaban J connectivity index is 2.05. The van der Waals surface area contributed by atoms with Crippen molar-refractivity contribution in [3.63, 3.8) is 0 Å². The van der Waals surface area contributed by atoms with Gasteiger partial charge in [0, 0.05) is 6.04 Å². The van der Waals surface area contributed by atoms with Gasteiger partial charge in [0.05, 0.1) is 12.6 Å². The first-order valence-corrected chi connectivity index (χ1v) is 7.07. The van der Waals surface area contributed by atoms with Gasteiger partial charge in [-0.15, -0.1) is 0 Å². The van der Waals surface area contributed by atoms with Crippen molar-refractivity contribution in [2.24, 2.45) is 0 Å². The number of aliphatic hydroxyl groups is 1. The SMILES string of the molecule is CC(C)(C)OC(=O)N1C[C@@H](O)C[C@@H]1Cc1ccccc1. The molecule has 0 bridgehead atoms. The number of amides is 1. The van der Waals surface area contributed by atoms with Crippen LogP contribution in [0.3, 0.4) is 0 Å². The molecule has 0 saturated carbocycles. The zero-order chi connectivity index (χ0) is 14.8. The molecule has 1 aliphatic rings. The van der Waals surface area contributed by atoms with E-state index < -0.39 is 11.7 Å². The predicted octanol–water partition coefficient (Wildman–Crippen LogP) is 2.60. The van der Waals surface area contributed by atoms with E-state index in [1.807, 2.05) is 51.1 Å². The Morgan fingerprint density at radius 2 is 2.00 bits per heavy atom. The van der Waals surface area contributed by atoms with E-state index in [0.29, 0.717) is 13.0 Å². The van der Waals surface area contributed by atoms with Crippen LogP contribution in [0.1, 0.15) is 32.8 Å². The zero-order valence-electron chi connectivity index (χ0n) is 12.4. The van der Waals surface area contributed by atoms with Crippen molar-refractivity contribution in [1.82, 2.24) is 4.90 Å². The zero-order valence-corrected chi connectivity index (χ0v) is 12.4. The minimum absolute atomic E-state index is 0.00208. The van der Waals surface area contributed by atoms with Gasteiger partial charge in [-0.3, -0.25) is 0 Å². The van der Waals surface area contributed by atoms with E-state index in [-0.39, 0.29) is 12.1 Å². The van der Waals surface area contributed by atoms with Crippen molar-refractivity contribution < 1.29 is 14.6 Å². The molecule has 1 aliphatic heterocycles. The summed E-state index contributed by atoms with van der Waals surface area (Å²) in [6.07, 6.45) is 0.553. The molecule has 0 radical (unpaired) electrons. The Bertz CT molecular complexity index is 453. The summed E-state index contributed by atoms with van der Waals surface area (Å²) in [7, 11) is 0. The van der Waals surface area contributed by atoms with Crippen LogP contribution in [0.2, 0.25) is 0 Å². The molecule has 1 aromatic carbocycles. The van der Waals surface area contributed by atoms with Gasteiger partial charge >= 0.3 is 6.09 Å². The summed E-state index contributed by atoms with van der Waals surface area (Å²) in [4.78, 5) is 13.9. The summed E-state index contributed by atoms with van der Waals surface area (Å²) in [5.41, 5.74) is 0.655. The molecule has 4 heteroatoms. The lowest BCUT2D eigenvalue weighted by Gasteiger charge is -2.28. The van der Waals surface area contributed by atoms with Gasteiger partial charge in [-0.2, -0.15) is 0 Å². The Labute approximate surface area is 120 Å². The number of nitrogens with zero attached hydrogens (tertiary/aromatic N) is 1. The second-order valence-electron chi connectivity index (χ2n) is 6.37. The largest absolute Gasteiger partial charge is 0.444 e. The molecule has 1 aromatic rings. The van der Waals surface area contributed by atoms with Gasteiger partial charge in [0.15, 0.2) is 0 Å². The van der Waals surface area contributed by atoms with Gasteiger partial charge in [0.25, 0.3) is 0 Å². The third kappa shape index (κ3) is 3.97. The van der Waals surface area contributed by atoms with Crippen LogP contribution < -0.4 is 0 Å². The van der Waals surface area contributed by atoms with Crippen molar-refractivity contribution in [1.29, 1.82) is 0 Å². The lowest BCUT2D eigenvalue weighted by Crippen LogP contribution is -2.41. The number of ether oxygens (including phenoxy) is 1. The number of aliphatic hydroxyl groups excluding tert-OH is 1. The quantitative estimate of drug-likeness (QED) is 0.904. The lowest BCUT2D eigenvalue weighted by molar-refractivity contribution is 0.0208. The Hall–Kier alpha value is -1.55. The molecule has 1 fully saturated rings. The van der Waals surface area contributed by atoms with Gasteiger partial charge in [-0.1, -0.05) is 30.3 Å². The molecule has 110 valence electrons. The molecule has 0 aromatic heterocycles. The monoisotopic (exact) mass is 277 g/mol. The summed E-state index contributed by atoms with van der Waals surface area (Å²) in [5, 5.41) is 9.85. The topological polar surface area (TPSA) is 49.8 Å². The smallest absolute Gasteiger partial charge is 0.410 e. The number of rotatable bonds is 2. The fourth-order valence-electron chi connectivity index (χ4n) is 2.52. The first-order valence-electron chi connectivity index (χ1n) is 7.07. The van der Waals surface area contributed by atoms with Gasteiger partial charge in [0.2, 0.25) is 0 Å². The fraction of sp³-hybridized carbons (Fsp3) is 0.562. The van der Waals surface area contributed by atoms with Crippen LogP contribution >= 0.6 is 0 Å². The number of β-amino-alcohol motifs (C(OH)–C–C–N with tert-alkyl or cyclic N) is 1. The average molecular weight is 277 g/mol. The molecule has 20 heavy (non-hydrogen) atoms. The first-order chi connectivity index (χ1) is 9.35. The normalized spacial score (nSPS) is 22.9. The van der Waals surface area contributed by atoms with Crippen LogP contribution in [0.5, 0.6) is 0 Å². The molecular weight excluding hydrogens is 254 g/mol. The molecule has 1 saturated heterocycles. The summed E-state index contributed by atoms with van der Waals surface area (Å²) in [6, 6.07) is 10.0. The number of carbonyl (C=O) groups excluding carboxylic acids is 1. The molecule has 1 N–H and O–H groups in total. The second kappa shape index (κ2) is 5.83. The molecule has 2 rings (SSSR count). The van der Waals surface area contributed by atoms with E-state index in [2.05, 4.69) is 0 Å². The van der Waals surface area contributed by atoms with Gasteiger partial charge in [-0.05, 0) is 39.2 Å². The predicted molar refractivity (Wildman–Crippen MR) is 77.5 cm³/mol. The maximum atomic E-state index is 12.2.